The smallest absolute Gasteiger partial charge is 0.235 e. The number of thioether (sulfide) groups is 1. The first-order chi connectivity index (χ1) is 14.8. The molecule has 2 aromatic rings. The largest absolute Gasteiger partial charge is 0.316 e. The fourth-order valence-corrected chi connectivity index (χ4v) is 8.16. The van der Waals surface area contributed by atoms with Crippen molar-refractivity contribution in [1.29, 1.82) is 5.26 Å². The number of anilines is 1. The van der Waals surface area contributed by atoms with Crippen LogP contribution in [0.2, 0.25) is 0 Å². The van der Waals surface area contributed by atoms with Crippen molar-refractivity contribution in [2.45, 2.75) is 44.2 Å². The molecule has 0 radical (unpaired) electrons. The number of nitrogens with one attached hydrogen (secondary N) is 1. The third-order valence-corrected chi connectivity index (χ3v) is 9.96. The average molecular weight is 480 g/mol. The Kier molecular flexibility index (Phi) is 6.42. The van der Waals surface area contributed by atoms with Crippen LogP contribution >= 0.6 is 23.1 Å². The van der Waals surface area contributed by atoms with E-state index >= 15 is 0 Å². The van der Waals surface area contributed by atoms with E-state index in [1.54, 1.807) is 0 Å². The lowest BCUT2D eigenvalue weighted by atomic mass is 9.89. The lowest BCUT2D eigenvalue weighted by Gasteiger charge is -2.17. The Labute approximate surface area is 190 Å². The number of amides is 1. The Balaban J connectivity index is 1.36. The number of aromatic nitrogens is 3. The number of nitriles is 1. The molecule has 1 aliphatic heterocycles. The van der Waals surface area contributed by atoms with Crippen LogP contribution in [0.25, 0.3) is 0 Å². The van der Waals surface area contributed by atoms with Gasteiger partial charge in [-0.05, 0) is 43.1 Å². The molecule has 2 aromatic heterocycles. The first-order valence-electron chi connectivity index (χ1n) is 10.3. The Bertz CT molecular complexity index is 1150. The van der Waals surface area contributed by atoms with Gasteiger partial charge in [-0.15, -0.1) is 21.5 Å². The molecule has 31 heavy (non-hydrogen) atoms. The van der Waals surface area contributed by atoms with Gasteiger partial charge in [0.15, 0.2) is 15.0 Å². The van der Waals surface area contributed by atoms with Crippen LogP contribution in [-0.4, -0.2) is 46.3 Å². The van der Waals surface area contributed by atoms with Crippen molar-refractivity contribution in [2.75, 3.05) is 22.6 Å². The third kappa shape index (κ3) is 4.96. The predicted octanol–water partition coefficient (Wildman–Crippen LogP) is 2.58. The van der Waals surface area contributed by atoms with Crippen molar-refractivity contribution in [3.05, 3.63) is 21.8 Å². The monoisotopic (exact) mass is 479 g/mol. The van der Waals surface area contributed by atoms with Crippen molar-refractivity contribution in [3.63, 3.8) is 0 Å². The Hall–Kier alpha value is -1.90. The molecule has 4 rings (SSSR count). The lowest BCUT2D eigenvalue weighted by Crippen LogP contribution is -2.15. The molecule has 166 valence electrons. The number of sulfone groups is 1. The number of hydrogen-bond donors (Lipinski definition) is 1. The minimum absolute atomic E-state index is 0.0750. The molecule has 0 aromatic carbocycles. The van der Waals surface area contributed by atoms with E-state index in [1.807, 2.05) is 11.6 Å². The van der Waals surface area contributed by atoms with Gasteiger partial charge in [-0.1, -0.05) is 18.7 Å². The van der Waals surface area contributed by atoms with Crippen LogP contribution in [0.3, 0.4) is 0 Å². The quantitative estimate of drug-likeness (QED) is 0.633. The normalized spacial score (nSPS) is 22.1. The van der Waals surface area contributed by atoms with Crippen molar-refractivity contribution >= 4 is 43.8 Å². The van der Waals surface area contributed by atoms with Gasteiger partial charge in [0.2, 0.25) is 5.91 Å². The fourth-order valence-electron chi connectivity index (χ4n) is 4.19. The zero-order chi connectivity index (χ0) is 22.2. The molecule has 11 heteroatoms. The number of fused-ring (bicyclic) bond motifs is 1. The van der Waals surface area contributed by atoms with Crippen molar-refractivity contribution < 1.29 is 13.2 Å². The predicted molar refractivity (Wildman–Crippen MR) is 121 cm³/mol. The molecule has 2 aliphatic rings. The molecule has 0 spiro atoms. The van der Waals surface area contributed by atoms with E-state index in [2.05, 4.69) is 28.5 Å². The maximum Gasteiger partial charge on any atom is 0.235 e. The second kappa shape index (κ2) is 8.92. The molecular formula is C20H25N5O3S3. The van der Waals surface area contributed by atoms with Gasteiger partial charge in [0.25, 0.3) is 0 Å². The van der Waals surface area contributed by atoms with Crippen LogP contribution in [0.4, 0.5) is 5.00 Å². The number of thiophene rings is 1. The first kappa shape index (κ1) is 22.3. The summed E-state index contributed by atoms with van der Waals surface area (Å²) in [7, 11) is -1.09. The highest BCUT2D eigenvalue weighted by molar-refractivity contribution is 7.99. The van der Waals surface area contributed by atoms with E-state index in [-0.39, 0.29) is 29.1 Å². The zero-order valence-electron chi connectivity index (χ0n) is 17.5. The number of carbonyl (C=O) groups is 1. The fraction of sp³-hybridized carbons (Fsp3) is 0.600. The molecule has 2 atom stereocenters. The number of hydrogen-bond acceptors (Lipinski definition) is 8. The number of nitrogens with zero attached hydrogens (tertiary/aromatic N) is 4. The Morgan fingerprint density at radius 3 is 2.90 bits per heavy atom. The Morgan fingerprint density at radius 1 is 1.39 bits per heavy atom. The van der Waals surface area contributed by atoms with Gasteiger partial charge in [-0.3, -0.25) is 4.79 Å². The maximum atomic E-state index is 12.5. The lowest BCUT2D eigenvalue weighted by molar-refractivity contribution is -0.113. The Morgan fingerprint density at radius 2 is 2.19 bits per heavy atom. The summed E-state index contributed by atoms with van der Waals surface area (Å²) in [4.78, 5) is 13.8. The minimum atomic E-state index is -2.92. The standard InChI is InChI=1S/C20H25N5O3S3/c1-12-3-4-14-15(9-21)19(30-16(14)7-12)22-18(26)10-29-20-24-23-17(25(20)2)8-13-5-6-31(27,28)11-13/h12-13H,3-8,10-11H2,1-2H3,(H,22,26). The van der Waals surface area contributed by atoms with Crippen LogP contribution in [0.15, 0.2) is 5.16 Å². The summed E-state index contributed by atoms with van der Waals surface area (Å²) in [5.41, 5.74) is 1.71. The van der Waals surface area contributed by atoms with E-state index < -0.39 is 9.84 Å². The van der Waals surface area contributed by atoms with E-state index in [9.17, 15) is 18.5 Å². The van der Waals surface area contributed by atoms with Crippen LogP contribution < -0.4 is 5.32 Å². The van der Waals surface area contributed by atoms with Crippen LogP contribution in [0.1, 0.15) is 41.6 Å². The van der Waals surface area contributed by atoms with Crippen LogP contribution in [0, 0.1) is 23.2 Å². The van der Waals surface area contributed by atoms with Gasteiger partial charge < -0.3 is 9.88 Å². The van der Waals surface area contributed by atoms with E-state index in [4.69, 9.17) is 0 Å². The van der Waals surface area contributed by atoms with Crippen molar-refractivity contribution in [3.8, 4) is 6.07 Å². The summed E-state index contributed by atoms with van der Waals surface area (Å²) in [6.07, 6.45) is 4.15. The van der Waals surface area contributed by atoms with E-state index in [0.717, 1.165) is 30.7 Å². The molecule has 1 aliphatic carbocycles. The highest BCUT2D eigenvalue weighted by Crippen LogP contribution is 2.39. The SMILES string of the molecule is CC1CCc2c(sc(NC(=O)CSc3nnc(CC4CCS(=O)(=O)C4)n3C)c2C#N)C1. The van der Waals surface area contributed by atoms with Crippen LogP contribution in [-0.2, 0) is 40.9 Å². The van der Waals surface area contributed by atoms with Gasteiger partial charge in [-0.2, -0.15) is 5.26 Å². The molecular weight excluding hydrogens is 454 g/mol. The molecule has 8 nitrogen and oxygen atoms in total. The summed E-state index contributed by atoms with van der Waals surface area (Å²) in [6.45, 7) is 2.21. The topological polar surface area (TPSA) is 118 Å². The van der Waals surface area contributed by atoms with Gasteiger partial charge in [0.05, 0.1) is 22.8 Å². The number of rotatable bonds is 6. The van der Waals surface area contributed by atoms with Crippen molar-refractivity contribution in [2.24, 2.45) is 18.9 Å². The van der Waals surface area contributed by atoms with Crippen LogP contribution in [0.5, 0.6) is 0 Å². The summed E-state index contributed by atoms with van der Waals surface area (Å²) in [5, 5.41) is 22.1. The molecule has 0 saturated carbocycles. The highest BCUT2D eigenvalue weighted by atomic mass is 32.2. The summed E-state index contributed by atoms with van der Waals surface area (Å²) in [6, 6.07) is 2.27. The molecule has 1 N–H and O–H groups in total. The zero-order valence-corrected chi connectivity index (χ0v) is 20.0. The average Bonchev–Trinajstić information content (AvgIpc) is 3.35. The molecule has 0 bridgehead atoms. The second-order valence-electron chi connectivity index (χ2n) is 8.44. The van der Waals surface area contributed by atoms with E-state index in [0.29, 0.717) is 34.5 Å². The van der Waals surface area contributed by atoms with Gasteiger partial charge in [0, 0.05) is 18.3 Å². The van der Waals surface area contributed by atoms with Gasteiger partial charge in [-0.25, -0.2) is 8.42 Å². The highest BCUT2D eigenvalue weighted by Gasteiger charge is 2.29. The second-order valence-corrected chi connectivity index (χ2v) is 12.7. The van der Waals surface area contributed by atoms with E-state index in [1.165, 1.54) is 28.0 Å². The molecule has 2 unspecified atom stereocenters. The molecule has 1 fully saturated rings. The molecule has 1 amide bonds. The summed E-state index contributed by atoms with van der Waals surface area (Å²) >= 11 is 2.80. The summed E-state index contributed by atoms with van der Waals surface area (Å²) in [5.74, 6) is 1.84. The molecule has 3 heterocycles. The summed E-state index contributed by atoms with van der Waals surface area (Å²) < 4.78 is 25.2. The van der Waals surface area contributed by atoms with Gasteiger partial charge >= 0.3 is 0 Å². The maximum absolute atomic E-state index is 12.5. The molecule has 1 saturated heterocycles. The first-order valence-corrected chi connectivity index (χ1v) is 13.9. The van der Waals surface area contributed by atoms with Gasteiger partial charge in [0.1, 0.15) is 16.9 Å². The number of carbonyl (C=O) groups excluding carboxylic acids is 1. The van der Waals surface area contributed by atoms with Crippen molar-refractivity contribution in [1.82, 2.24) is 14.8 Å². The minimum Gasteiger partial charge on any atom is -0.316 e. The third-order valence-electron chi connectivity index (χ3n) is 5.93.